The second-order valence-corrected chi connectivity index (χ2v) is 11.4. The van der Waals surface area contributed by atoms with Crippen molar-refractivity contribution in [2.75, 3.05) is 6.54 Å². The van der Waals surface area contributed by atoms with E-state index in [0.717, 1.165) is 51.4 Å². The second kappa shape index (κ2) is 26.1. The summed E-state index contributed by atoms with van der Waals surface area (Å²) in [5.74, 6) is -2.16. The molecule has 3 amide bonds. The van der Waals surface area contributed by atoms with Crippen LogP contribution in [-0.4, -0.2) is 59.6 Å². The monoisotopic (exact) mass is 651 g/mol. The highest BCUT2D eigenvalue weighted by Crippen LogP contribution is 2.24. The first-order valence-corrected chi connectivity index (χ1v) is 17.0. The molecule has 1 aliphatic carbocycles. The van der Waals surface area contributed by atoms with Gasteiger partial charge < -0.3 is 25.8 Å². The zero-order valence-corrected chi connectivity index (χ0v) is 28.8. The number of hydrogen-bond donors (Lipinski definition) is 4. The molecule has 0 fully saturated rings. The molecule has 0 heterocycles. The predicted molar refractivity (Wildman–Crippen MR) is 190 cm³/mol. The lowest BCUT2D eigenvalue weighted by atomic mass is 9.87. The highest BCUT2D eigenvalue weighted by molar-refractivity contribution is 5.88. The maximum Gasteiger partial charge on any atom is 0.331 e. The number of allylic oxidation sites excluding steroid dienone is 12. The third kappa shape index (κ3) is 20.0. The maximum atomic E-state index is 12.7. The van der Waals surface area contributed by atoms with E-state index in [-0.39, 0.29) is 42.9 Å². The summed E-state index contributed by atoms with van der Waals surface area (Å²) in [6.45, 7) is 7.18. The Balaban J connectivity index is 2.38. The van der Waals surface area contributed by atoms with Crippen molar-refractivity contribution in [2.45, 2.75) is 123 Å². The molecule has 0 aromatic rings. The van der Waals surface area contributed by atoms with E-state index in [2.05, 4.69) is 83.6 Å². The van der Waals surface area contributed by atoms with Gasteiger partial charge in [0, 0.05) is 25.3 Å². The number of carbonyl (C=O) groups is 4. The van der Waals surface area contributed by atoms with Crippen molar-refractivity contribution in [1.82, 2.24) is 16.0 Å². The van der Waals surface area contributed by atoms with E-state index in [9.17, 15) is 24.3 Å². The van der Waals surface area contributed by atoms with E-state index in [1.165, 1.54) is 13.0 Å². The molecule has 0 bridgehead atoms. The summed E-state index contributed by atoms with van der Waals surface area (Å²) in [6, 6.07) is -1.36. The number of nitrogens with one attached hydrogen (secondary N) is 3. The second-order valence-electron chi connectivity index (χ2n) is 11.4. The summed E-state index contributed by atoms with van der Waals surface area (Å²) in [7, 11) is 0. The van der Waals surface area contributed by atoms with Crippen LogP contribution in [0.1, 0.15) is 98.3 Å². The molecule has 4 N–H and O–H groups in total. The fourth-order valence-corrected chi connectivity index (χ4v) is 4.89. The average molecular weight is 652 g/mol. The van der Waals surface area contributed by atoms with Gasteiger partial charge in [-0.25, -0.2) is 4.79 Å². The van der Waals surface area contributed by atoms with E-state index in [0.29, 0.717) is 6.42 Å². The molecule has 0 aromatic carbocycles. The van der Waals surface area contributed by atoms with Gasteiger partial charge in [-0.3, -0.25) is 14.4 Å². The molecule has 9 nitrogen and oxygen atoms in total. The van der Waals surface area contributed by atoms with Crippen molar-refractivity contribution in [3.63, 3.8) is 0 Å². The Bertz CT molecular complexity index is 1160. The van der Waals surface area contributed by atoms with Gasteiger partial charge in [0.1, 0.15) is 0 Å². The van der Waals surface area contributed by atoms with E-state index < -0.39 is 30.1 Å². The zero-order chi connectivity index (χ0) is 34.7. The maximum absolute atomic E-state index is 12.7. The third-order valence-corrected chi connectivity index (χ3v) is 7.42. The normalized spacial score (nSPS) is 18.7. The molecule has 1 aliphatic rings. The van der Waals surface area contributed by atoms with Gasteiger partial charge in [0.2, 0.25) is 17.7 Å². The molecule has 9 heteroatoms. The van der Waals surface area contributed by atoms with Crippen LogP contribution in [0.3, 0.4) is 0 Å². The summed E-state index contributed by atoms with van der Waals surface area (Å²) in [4.78, 5) is 48.8. The highest BCUT2D eigenvalue weighted by atomic mass is 16.5. The lowest BCUT2D eigenvalue weighted by molar-refractivity contribution is -0.133. The van der Waals surface area contributed by atoms with Crippen LogP contribution in [0.4, 0.5) is 0 Å². The molecule has 0 radical (unpaired) electrons. The Hall–Kier alpha value is -3.98. The number of carboxylic acid groups (broad SMARTS) is 1. The largest absolute Gasteiger partial charge is 0.478 e. The van der Waals surface area contributed by atoms with Crippen LogP contribution in [0.5, 0.6) is 0 Å². The summed E-state index contributed by atoms with van der Waals surface area (Å²) < 4.78 is 6.13. The molecule has 0 spiro atoms. The van der Waals surface area contributed by atoms with Crippen molar-refractivity contribution in [2.24, 2.45) is 0 Å². The van der Waals surface area contributed by atoms with E-state index in [1.54, 1.807) is 0 Å². The number of amides is 3. The first-order valence-electron chi connectivity index (χ1n) is 17.0. The summed E-state index contributed by atoms with van der Waals surface area (Å²) in [5, 5.41) is 17.9. The van der Waals surface area contributed by atoms with Gasteiger partial charge >= 0.3 is 5.97 Å². The fraction of sp³-hybridized carbons (Fsp3) is 0.526. The molecule has 47 heavy (non-hydrogen) atoms. The van der Waals surface area contributed by atoms with Crippen LogP contribution in [-0.2, 0) is 23.9 Å². The highest BCUT2D eigenvalue weighted by Gasteiger charge is 2.38. The van der Waals surface area contributed by atoms with Crippen molar-refractivity contribution >= 4 is 23.7 Å². The summed E-state index contributed by atoms with van der Waals surface area (Å²) >= 11 is 0. The molecule has 0 saturated carbocycles. The van der Waals surface area contributed by atoms with Gasteiger partial charge in [-0.1, -0.05) is 93.7 Å². The van der Waals surface area contributed by atoms with Gasteiger partial charge in [0.15, 0.2) is 0 Å². The summed E-state index contributed by atoms with van der Waals surface area (Å²) in [6.07, 6.45) is 34.1. The summed E-state index contributed by atoms with van der Waals surface area (Å²) in [5.41, 5.74) is 0.105. The lowest BCUT2D eigenvalue weighted by Gasteiger charge is -2.38. The van der Waals surface area contributed by atoms with Crippen LogP contribution in [0.2, 0.25) is 0 Å². The Morgan fingerprint density at radius 3 is 1.77 bits per heavy atom. The molecule has 3 atom stereocenters. The Labute approximate surface area is 282 Å². The van der Waals surface area contributed by atoms with Gasteiger partial charge in [0.25, 0.3) is 0 Å². The van der Waals surface area contributed by atoms with Gasteiger partial charge in [0.05, 0.1) is 30.8 Å². The fourth-order valence-electron chi connectivity index (χ4n) is 4.89. The van der Waals surface area contributed by atoms with Crippen LogP contribution in [0, 0.1) is 0 Å². The first-order chi connectivity index (χ1) is 22.7. The number of carboxylic acids is 1. The van der Waals surface area contributed by atoms with Crippen LogP contribution >= 0.6 is 0 Å². The molecule has 0 aliphatic heterocycles. The first kappa shape index (κ1) is 41.0. The Kier molecular flexibility index (Phi) is 22.8. The Morgan fingerprint density at radius 2 is 1.30 bits per heavy atom. The number of rotatable bonds is 23. The quantitative estimate of drug-likeness (QED) is 0.0926. The van der Waals surface area contributed by atoms with E-state index in [1.807, 2.05) is 26.0 Å². The smallest absolute Gasteiger partial charge is 0.331 e. The molecular weight excluding hydrogens is 594 g/mol. The number of carbonyl (C=O) groups excluding carboxylic acids is 3. The minimum absolute atomic E-state index is 0.0193. The zero-order valence-electron chi connectivity index (χ0n) is 28.8. The molecule has 0 aromatic heterocycles. The number of ether oxygens (including phenoxy) is 1. The van der Waals surface area contributed by atoms with Gasteiger partial charge in [-0.05, 0) is 63.9 Å². The predicted octanol–water partition coefficient (Wildman–Crippen LogP) is 6.56. The molecular formula is C38H57N3O6. The van der Waals surface area contributed by atoms with Crippen LogP contribution in [0.25, 0.3) is 0 Å². The Morgan fingerprint density at radius 1 is 0.787 bits per heavy atom. The molecule has 3 unspecified atom stereocenters. The van der Waals surface area contributed by atoms with Crippen molar-refractivity contribution in [3.05, 3.63) is 84.6 Å². The SMILES string of the molecule is CCC=CCC=CCC=CCC=CCC=CCC=CCCC(=O)NCC(=O)NC1CC(C(=O)O)=CC(OC(CC)CC)C1NC(C)=O. The standard InChI is InChI=1S/C38H57N3O6/c1-5-8-9-10-11-12-13-14-15-16-17-18-19-20-21-22-23-24-25-26-35(43)39-29-36(44)41-33-27-31(38(45)46)28-34(37(33)40-30(4)42)47-32(6-2)7-3/h8-9,11-12,14-15,17-18,20-21,23-24,28,32-34,37H,5-7,10,13,16,19,22,25-27,29H2,1-4H3,(H,39,43)(H,40,42)(H,41,44)(H,45,46). The van der Waals surface area contributed by atoms with Gasteiger partial charge in [-0.15, -0.1) is 0 Å². The van der Waals surface area contributed by atoms with Crippen LogP contribution < -0.4 is 16.0 Å². The van der Waals surface area contributed by atoms with Crippen molar-refractivity contribution < 1.29 is 29.0 Å². The molecule has 260 valence electrons. The molecule has 0 saturated heterocycles. The number of hydrogen-bond acceptors (Lipinski definition) is 5. The van der Waals surface area contributed by atoms with E-state index >= 15 is 0 Å². The minimum atomic E-state index is -1.11. The van der Waals surface area contributed by atoms with Crippen molar-refractivity contribution in [1.29, 1.82) is 0 Å². The topological polar surface area (TPSA) is 134 Å². The lowest BCUT2D eigenvalue weighted by Crippen LogP contribution is -2.60. The average Bonchev–Trinajstić information content (AvgIpc) is 3.04. The number of aliphatic carboxylic acids is 1. The van der Waals surface area contributed by atoms with Crippen molar-refractivity contribution in [3.8, 4) is 0 Å². The molecule has 1 rings (SSSR count). The van der Waals surface area contributed by atoms with Crippen LogP contribution in [0.15, 0.2) is 84.6 Å². The minimum Gasteiger partial charge on any atom is -0.478 e. The van der Waals surface area contributed by atoms with E-state index in [4.69, 9.17) is 4.74 Å². The van der Waals surface area contributed by atoms with Gasteiger partial charge in [-0.2, -0.15) is 0 Å². The third-order valence-electron chi connectivity index (χ3n) is 7.42.